The van der Waals surface area contributed by atoms with Crippen molar-refractivity contribution >= 4 is 26.9 Å². The van der Waals surface area contributed by atoms with E-state index in [0.29, 0.717) is 16.8 Å². The monoisotopic (exact) mass is 387 g/mol. The minimum Gasteiger partial charge on any atom is -0.497 e. The predicted octanol–water partition coefficient (Wildman–Crippen LogP) is 3.62. The van der Waals surface area contributed by atoms with Gasteiger partial charge >= 0.3 is 0 Å². The van der Waals surface area contributed by atoms with Gasteiger partial charge in [-0.15, -0.1) is 0 Å². The molecular weight excluding hydrogens is 366 g/mol. The van der Waals surface area contributed by atoms with Gasteiger partial charge in [-0.25, -0.2) is 18.4 Å². The summed E-state index contributed by atoms with van der Waals surface area (Å²) in [5.41, 5.74) is 1.20. The van der Waals surface area contributed by atoms with Crippen molar-refractivity contribution < 1.29 is 17.9 Å². The van der Waals surface area contributed by atoms with E-state index in [1.165, 1.54) is 19.2 Å². The predicted molar refractivity (Wildman–Crippen MR) is 104 cm³/mol. The first-order chi connectivity index (χ1) is 12.9. The van der Waals surface area contributed by atoms with E-state index in [2.05, 4.69) is 14.7 Å². The smallest absolute Gasteiger partial charge is 0.263 e. The molecule has 1 N–H and O–H groups in total. The van der Waals surface area contributed by atoms with Crippen LogP contribution in [0.2, 0.25) is 0 Å². The number of nitrogens with one attached hydrogen (secondary N) is 1. The van der Waals surface area contributed by atoms with Gasteiger partial charge in [-0.1, -0.05) is 19.1 Å². The molecule has 0 spiro atoms. The van der Waals surface area contributed by atoms with Crippen LogP contribution in [0.25, 0.3) is 11.0 Å². The zero-order valence-electron chi connectivity index (χ0n) is 15.3. The van der Waals surface area contributed by atoms with Gasteiger partial charge in [-0.05, 0) is 49.7 Å². The van der Waals surface area contributed by atoms with Crippen LogP contribution in [0.1, 0.15) is 20.3 Å². The van der Waals surface area contributed by atoms with Gasteiger partial charge in [0.1, 0.15) is 5.75 Å². The second-order valence-electron chi connectivity index (χ2n) is 5.98. The molecule has 0 aliphatic rings. The summed E-state index contributed by atoms with van der Waals surface area (Å²) in [6.07, 6.45) is 0.615. The molecule has 0 bridgehead atoms. The first-order valence-electron chi connectivity index (χ1n) is 8.53. The van der Waals surface area contributed by atoms with Crippen LogP contribution in [-0.2, 0) is 10.0 Å². The van der Waals surface area contributed by atoms with Crippen molar-refractivity contribution in [1.82, 2.24) is 9.97 Å². The van der Waals surface area contributed by atoms with Crippen molar-refractivity contribution in [3.63, 3.8) is 0 Å². The van der Waals surface area contributed by atoms with E-state index in [4.69, 9.17) is 9.47 Å². The Hall–Kier alpha value is -2.87. The molecule has 27 heavy (non-hydrogen) atoms. The quantitative estimate of drug-likeness (QED) is 0.666. The molecular formula is C19H21N3O4S. The average Bonchev–Trinajstić information content (AvgIpc) is 2.68. The molecule has 0 aliphatic carbocycles. The number of benzene rings is 2. The summed E-state index contributed by atoms with van der Waals surface area (Å²) >= 11 is 0. The highest BCUT2D eigenvalue weighted by Crippen LogP contribution is 2.27. The van der Waals surface area contributed by atoms with Crippen molar-refractivity contribution in [2.24, 2.45) is 0 Å². The molecule has 1 heterocycles. The van der Waals surface area contributed by atoms with E-state index < -0.39 is 10.0 Å². The van der Waals surface area contributed by atoms with Crippen molar-refractivity contribution in [1.29, 1.82) is 0 Å². The third-order valence-electron chi connectivity index (χ3n) is 4.03. The third-order valence-corrected chi connectivity index (χ3v) is 5.38. The van der Waals surface area contributed by atoms with Crippen LogP contribution in [0.5, 0.6) is 11.6 Å². The highest BCUT2D eigenvalue weighted by atomic mass is 32.2. The van der Waals surface area contributed by atoms with Gasteiger partial charge in [0.25, 0.3) is 15.9 Å². The Morgan fingerprint density at radius 1 is 1.04 bits per heavy atom. The zero-order valence-corrected chi connectivity index (χ0v) is 16.2. The molecule has 1 unspecified atom stereocenters. The summed E-state index contributed by atoms with van der Waals surface area (Å²) in [5, 5.41) is 0. The molecule has 0 amide bonds. The summed E-state index contributed by atoms with van der Waals surface area (Å²) in [6, 6.07) is 13.3. The van der Waals surface area contributed by atoms with E-state index in [1.54, 1.807) is 24.3 Å². The molecule has 2 aromatic carbocycles. The fraction of sp³-hybridized carbons (Fsp3) is 0.263. The summed E-state index contributed by atoms with van der Waals surface area (Å²) in [6.45, 7) is 3.86. The lowest BCUT2D eigenvalue weighted by molar-refractivity contribution is 0.210. The molecule has 0 saturated heterocycles. The van der Waals surface area contributed by atoms with Crippen molar-refractivity contribution in [3.8, 4) is 11.6 Å². The van der Waals surface area contributed by atoms with Gasteiger partial charge in [0.05, 0.1) is 29.1 Å². The highest BCUT2D eigenvalue weighted by molar-refractivity contribution is 7.92. The van der Waals surface area contributed by atoms with Gasteiger partial charge in [0.15, 0.2) is 0 Å². The Labute approximate surface area is 158 Å². The molecule has 3 aromatic rings. The Kier molecular flexibility index (Phi) is 5.46. The van der Waals surface area contributed by atoms with Gasteiger partial charge in [-0.3, -0.25) is 4.72 Å². The number of ether oxygens (including phenoxy) is 2. The molecule has 1 atom stereocenters. The second kappa shape index (κ2) is 7.79. The normalized spacial score (nSPS) is 12.6. The first-order valence-corrected chi connectivity index (χ1v) is 10.0. The van der Waals surface area contributed by atoms with Crippen LogP contribution in [0.3, 0.4) is 0 Å². The van der Waals surface area contributed by atoms with E-state index in [9.17, 15) is 8.42 Å². The third kappa shape index (κ3) is 4.28. The van der Waals surface area contributed by atoms with E-state index in [0.717, 1.165) is 6.42 Å². The van der Waals surface area contributed by atoms with Crippen LogP contribution in [0, 0.1) is 0 Å². The minimum absolute atomic E-state index is 0.0600. The van der Waals surface area contributed by atoms with Gasteiger partial charge in [0.2, 0.25) is 5.82 Å². The number of anilines is 1. The van der Waals surface area contributed by atoms with Crippen molar-refractivity contribution in [3.05, 3.63) is 48.5 Å². The molecule has 7 nitrogen and oxygen atoms in total. The van der Waals surface area contributed by atoms with Crippen LogP contribution in [0.4, 0.5) is 5.82 Å². The topological polar surface area (TPSA) is 90.4 Å². The highest BCUT2D eigenvalue weighted by Gasteiger charge is 2.20. The number of para-hydroxylation sites is 2. The molecule has 0 saturated carbocycles. The van der Waals surface area contributed by atoms with E-state index in [-0.39, 0.29) is 22.7 Å². The van der Waals surface area contributed by atoms with Crippen LogP contribution in [0.15, 0.2) is 53.4 Å². The Morgan fingerprint density at radius 2 is 1.67 bits per heavy atom. The molecule has 3 rings (SSSR count). The zero-order chi connectivity index (χ0) is 19.4. The Balaban J connectivity index is 2.01. The number of aromatic nitrogens is 2. The van der Waals surface area contributed by atoms with E-state index in [1.807, 2.05) is 26.0 Å². The SMILES string of the molecule is CCC(C)Oc1nc2ccccc2nc1NS(=O)(=O)c1ccc(OC)cc1. The fourth-order valence-electron chi connectivity index (χ4n) is 2.35. The maximum absolute atomic E-state index is 12.8. The number of hydrogen-bond acceptors (Lipinski definition) is 6. The van der Waals surface area contributed by atoms with Gasteiger partial charge < -0.3 is 9.47 Å². The maximum atomic E-state index is 12.8. The van der Waals surface area contributed by atoms with Gasteiger partial charge in [-0.2, -0.15) is 0 Å². The summed E-state index contributed by atoms with van der Waals surface area (Å²) in [7, 11) is -2.34. The Morgan fingerprint density at radius 3 is 2.26 bits per heavy atom. The molecule has 8 heteroatoms. The number of hydrogen-bond donors (Lipinski definition) is 1. The summed E-state index contributed by atoms with van der Waals surface area (Å²) in [4.78, 5) is 8.93. The molecule has 0 radical (unpaired) electrons. The number of sulfonamides is 1. The van der Waals surface area contributed by atoms with E-state index >= 15 is 0 Å². The average molecular weight is 387 g/mol. The second-order valence-corrected chi connectivity index (χ2v) is 7.67. The number of nitrogens with zero attached hydrogens (tertiary/aromatic N) is 2. The molecule has 1 aromatic heterocycles. The largest absolute Gasteiger partial charge is 0.497 e. The van der Waals surface area contributed by atoms with Crippen LogP contribution < -0.4 is 14.2 Å². The number of methoxy groups -OCH3 is 1. The van der Waals surface area contributed by atoms with Crippen molar-refractivity contribution in [2.45, 2.75) is 31.3 Å². The summed E-state index contributed by atoms with van der Waals surface area (Å²) < 4.78 is 38.9. The van der Waals surface area contributed by atoms with Crippen molar-refractivity contribution in [2.75, 3.05) is 11.8 Å². The molecule has 0 fully saturated rings. The van der Waals surface area contributed by atoms with Crippen LogP contribution in [-0.4, -0.2) is 31.6 Å². The first kappa shape index (κ1) is 18.9. The summed E-state index contributed by atoms with van der Waals surface area (Å²) in [5.74, 6) is 0.783. The lowest BCUT2D eigenvalue weighted by Gasteiger charge is -2.16. The standard InChI is InChI=1S/C19H21N3O4S/c1-4-13(2)26-19-18(20-16-7-5-6-8-17(16)21-19)22-27(23,24)15-11-9-14(25-3)10-12-15/h5-13H,4H2,1-3H3,(H,20,22). The molecule has 142 valence electrons. The molecule has 0 aliphatic heterocycles. The van der Waals surface area contributed by atoms with Gasteiger partial charge in [0, 0.05) is 0 Å². The maximum Gasteiger partial charge on any atom is 0.263 e. The number of fused-ring (bicyclic) bond motifs is 1. The Bertz CT molecular complexity index is 1040. The lowest BCUT2D eigenvalue weighted by atomic mass is 10.3. The lowest BCUT2D eigenvalue weighted by Crippen LogP contribution is -2.18. The number of rotatable bonds is 7. The van der Waals surface area contributed by atoms with Crippen LogP contribution >= 0.6 is 0 Å². The fourth-order valence-corrected chi connectivity index (χ4v) is 3.35. The minimum atomic E-state index is -3.86.